The normalized spacial score (nSPS) is 14.8. The van der Waals surface area contributed by atoms with Gasteiger partial charge in [-0.1, -0.05) is 6.07 Å². The topological polar surface area (TPSA) is 54.7 Å². The van der Waals surface area contributed by atoms with Crippen molar-refractivity contribution in [1.82, 2.24) is 19.5 Å². The Bertz CT molecular complexity index is 858. The van der Waals surface area contributed by atoms with E-state index in [1.54, 1.807) is 11.8 Å². The van der Waals surface area contributed by atoms with Crippen LogP contribution in [0, 0.1) is 0 Å². The van der Waals surface area contributed by atoms with Gasteiger partial charge in [0.2, 0.25) is 5.95 Å². The highest BCUT2D eigenvalue weighted by atomic mass is 32.2. The lowest BCUT2D eigenvalue weighted by Gasteiger charge is -2.15. The summed E-state index contributed by atoms with van der Waals surface area (Å²) in [5, 5.41) is 8.85. The van der Waals surface area contributed by atoms with E-state index in [1.165, 1.54) is 25.9 Å². The third kappa shape index (κ3) is 3.94. The second-order valence-electron chi connectivity index (χ2n) is 6.32. The Morgan fingerprint density at radius 3 is 2.69 bits per heavy atom. The first kappa shape index (κ1) is 17.2. The number of fused-ring (bicyclic) bond motifs is 1. The number of nitrogens with one attached hydrogen (secondary N) is 1. The first-order valence-electron chi connectivity index (χ1n) is 8.94. The Hall–Kier alpha value is -2.25. The summed E-state index contributed by atoms with van der Waals surface area (Å²) < 4.78 is 7.69. The Kier molecular flexibility index (Phi) is 5.26. The van der Waals surface area contributed by atoms with E-state index in [-0.39, 0.29) is 0 Å². The average Bonchev–Trinajstić information content (AvgIpc) is 3.32. The molecule has 0 radical (unpaired) electrons. The summed E-state index contributed by atoms with van der Waals surface area (Å²) in [5.74, 6) is 1.48. The molecule has 3 aromatic rings. The lowest BCUT2D eigenvalue weighted by atomic mass is 10.3. The van der Waals surface area contributed by atoms with E-state index in [1.807, 2.05) is 53.2 Å². The van der Waals surface area contributed by atoms with Crippen molar-refractivity contribution in [3.8, 4) is 5.75 Å². The molecule has 0 amide bonds. The molecule has 6 nitrogen and oxygen atoms in total. The molecule has 2 aromatic heterocycles. The summed E-state index contributed by atoms with van der Waals surface area (Å²) in [7, 11) is 0. The predicted molar refractivity (Wildman–Crippen MR) is 106 cm³/mol. The number of ether oxygens (including phenoxy) is 1. The zero-order chi connectivity index (χ0) is 17.8. The van der Waals surface area contributed by atoms with Crippen LogP contribution in [0.15, 0.2) is 47.5 Å². The van der Waals surface area contributed by atoms with E-state index in [9.17, 15) is 0 Å². The molecule has 136 valence electrons. The first-order valence-corrected chi connectivity index (χ1v) is 10.2. The molecule has 3 heterocycles. The van der Waals surface area contributed by atoms with Gasteiger partial charge in [0, 0.05) is 12.2 Å². The quantitative estimate of drug-likeness (QED) is 0.642. The van der Waals surface area contributed by atoms with Crippen molar-refractivity contribution in [2.24, 2.45) is 0 Å². The molecular formula is C19H23N5OS. The van der Waals surface area contributed by atoms with Gasteiger partial charge in [0.15, 0.2) is 5.65 Å². The second kappa shape index (κ2) is 7.97. The van der Waals surface area contributed by atoms with Crippen LogP contribution < -0.4 is 10.1 Å². The van der Waals surface area contributed by atoms with E-state index < -0.39 is 0 Å². The molecule has 1 aliphatic rings. The Morgan fingerprint density at radius 2 is 1.92 bits per heavy atom. The molecule has 7 heteroatoms. The fraction of sp³-hybridized carbons (Fsp3) is 0.368. The molecule has 0 bridgehead atoms. The molecule has 26 heavy (non-hydrogen) atoms. The van der Waals surface area contributed by atoms with Crippen LogP contribution in [0.3, 0.4) is 0 Å². The number of thioether (sulfide) groups is 1. The molecule has 0 aliphatic carbocycles. The fourth-order valence-corrected chi connectivity index (χ4v) is 3.67. The van der Waals surface area contributed by atoms with Gasteiger partial charge in [-0.05, 0) is 68.6 Å². The Balaban J connectivity index is 1.36. The van der Waals surface area contributed by atoms with Crippen molar-refractivity contribution in [2.45, 2.75) is 17.9 Å². The predicted octanol–water partition coefficient (Wildman–Crippen LogP) is 3.67. The summed E-state index contributed by atoms with van der Waals surface area (Å²) in [4.78, 5) is 6.98. The summed E-state index contributed by atoms with van der Waals surface area (Å²) in [6.07, 6.45) is 4.66. The number of anilines is 2. The maximum atomic E-state index is 5.84. The fourth-order valence-electron chi connectivity index (χ4n) is 3.15. The lowest BCUT2D eigenvalue weighted by Crippen LogP contribution is -2.25. The van der Waals surface area contributed by atoms with Gasteiger partial charge in [0.25, 0.3) is 0 Å². The van der Waals surface area contributed by atoms with Crippen LogP contribution in [0.5, 0.6) is 5.75 Å². The number of benzene rings is 1. The van der Waals surface area contributed by atoms with Crippen molar-refractivity contribution in [2.75, 3.05) is 37.8 Å². The van der Waals surface area contributed by atoms with Gasteiger partial charge in [-0.2, -0.15) is 4.98 Å². The molecule has 0 unspecified atom stereocenters. The maximum Gasteiger partial charge on any atom is 0.247 e. The van der Waals surface area contributed by atoms with Gasteiger partial charge in [0.1, 0.15) is 12.4 Å². The lowest BCUT2D eigenvalue weighted by molar-refractivity contribution is 0.238. The molecule has 1 fully saturated rings. The zero-order valence-corrected chi connectivity index (χ0v) is 15.7. The molecule has 0 atom stereocenters. The molecule has 0 saturated carbocycles. The van der Waals surface area contributed by atoms with Crippen molar-refractivity contribution < 1.29 is 4.74 Å². The van der Waals surface area contributed by atoms with Gasteiger partial charge in [0.05, 0.1) is 5.03 Å². The van der Waals surface area contributed by atoms with Gasteiger partial charge < -0.3 is 10.1 Å². The van der Waals surface area contributed by atoms with Crippen molar-refractivity contribution in [3.63, 3.8) is 0 Å². The molecule has 1 aliphatic heterocycles. The van der Waals surface area contributed by atoms with Gasteiger partial charge >= 0.3 is 0 Å². The minimum absolute atomic E-state index is 0.592. The summed E-state index contributed by atoms with van der Waals surface area (Å²) in [5.41, 5.74) is 1.78. The number of nitrogens with zero attached hydrogens (tertiary/aromatic N) is 4. The molecular weight excluding hydrogens is 346 g/mol. The van der Waals surface area contributed by atoms with E-state index in [0.29, 0.717) is 5.95 Å². The van der Waals surface area contributed by atoms with Crippen LogP contribution in [-0.2, 0) is 0 Å². The van der Waals surface area contributed by atoms with Crippen LogP contribution >= 0.6 is 11.8 Å². The molecule has 1 aromatic carbocycles. The smallest absolute Gasteiger partial charge is 0.247 e. The highest BCUT2D eigenvalue weighted by Gasteiger charge is 2.11. The second-order valence-corrected chi connectivity index (χ2v) is 7.15. The SMILES string of the molecule is CSc1cccc2nc(Nc3ccc(OCCN4CCCC4)cc3)nn12. The third-order valence-electron chi connectivity index (χ3n) is 4.52. The summed E-state index contributed by atoms with van der Waals surface area (Å²) >= 11 is 1.65. The van der Waals surface area contributed by atoms with E-state index in [0.717, 1.165) is 35.3 Å². The standard InChI is InChI=1S/C19H23N5OS/c1-26-18-6-4-5-17-21-19(22-24(17)18)20-15-7-9-16(10-8-15)25-14-13-23-11-2-3-12-23/h4-10H,2-3,11-14H2,1H3,(H,20,22). The number of pyridine rings is 1. The maximum absolute atomic E-state index is 5.84. The highest BCUT2D eigenvalue weighted by molar-refractivity contribution is 7.98. The average molecular weight is 369 g/mol. The number of hydrogen-bond donors (Lipinski definition) is 1. The van der Waals surface area contributed by atoms with Crippen LogP contribution in [0.25, 0.3) is 5.65 Å². The summed E-state index contributed by atoms with van der Waals surface area (Å²) in [6.45, 7) is 4.15. The summed E-state index contributed by atoms with van der Waals surface area (Å²) in [6, 6.07) is 13.9. The molecule has 0 spiro atoms. The molecule has 1 N–H and O–H groups in total. The van der Waals surface area contributed by atoms with Gasteiger partial charge in [-0.15, -0.1) is 16.9 Å². The van der Waals surface area contributed by atoms with Crippen molar-refractivity contribution in [1.29, 1.82) is 0 Å². The van der Waals surface area contributed by atoms with Crippen LogP contribution in [-0.4, -0.2) is 52.0 Å². The Labute approximate surface area is 157 Å². The van der Waals surface area contributed by atoms with E-state index >= 15 is 0 Å². The van der Waals surface area contributed by atoms with Crippen molar-refractivity contribution >= 4 is 29.0 Å². The number of likely N-dealkylation sites (tertiary alicyclic amines) is 1. The minimum atomic E-state index is 0.592. The largest absolute Gasteiger partial charge is 0.492 e. The number of aromatic nitrogens is 3. The highest BCUT2D eigenvalue weighted by Crippen LogP contribution is 2.21. The van der Waals surface area contributed by atoms with Crippen LogP contribution in [0.1, 0.15) is 12.8 Å². The number of rotatable bonds is 7. The van der Waals surface area contributed by atoms with Crippen LogP contribution in [0.2, 0.25) is 0 Å². The van der Waals surface area contributed by atoms with Gasteiger partial charge in [-0.25, -0.2) is 4.52 Å². The molecule has 1 saturated heterocycles. The molecule has 4 rings (SSSR count). The van der Waals surface area contributed by atoms with Crippen LogP contribution in [0.4, 0.5) is 11.6 Å². The van der Waals surface area contributed by atoms with E-state index in [4.69, 9.17) is 4.74 Å². The monoisotopic (exact) mass is 369 g/mol. The minimum Gasteiger partial charge on any atom is -0.492 e. The number of hydrogen-bond acceptors (Lipinski definition) is 6. The van der Waals surface area contributed by atoms with Gasteiger partial charge in [-0.3, -0.25) is 4.90 Å². The third-order valence-corrected chi connectivity index (χ3v) is 5.25. The van der Waals surface area contributed by atoms with E-state index in [2.05, 4.69) is 20.3 Å². The zero-order valence-electron chi connectivity index (χ0n) is 14.9. The Morgan fingerprint density at radius 1 is 1.12 bits per heavy atom. The first-order chi connectivity index (χ1) is 12.8. The van der Waals surface area contributed by atoms with Crippen molar-refractivity contribution in [3.05, 3.63) is 42.5 Å².